The topological polar surface area (TPSA) is 46.5 Å². The predicted octanol–water partition coefficient (Wildman–Crippen LogP) is 2.38. The number of carboxylic acids is 1. The highest BCUT2D eigenvalue weighted by Crippen LogP contribution is 2.23. The Morgan fingerprint density at radius 1 is 1.25 bits per heavy atom. The number of aliphatic carboxylic acids is 1. The number of carboxylic acid groups (broad SMARTS) is 1. The third kappa shape index (κ3) is 3.07. The molecule has 1 aliphatic rings. The van der Waals surface area contributed by atoms with E-state index in [1.165, 1.54) is 19.3 Å². The molecule has 3 heteroatoms. The summed E-state index contributed by atoms with van der Waals surface area (Å²) in [5, 5.41) is 8.63. The monoisotopic (exact) mass is 220 g/mol. The smallest absolute Gasteiger partial charge is 0.307 e. The first kappa shape index (κ1) is 11.1. The van der Waals surface area contributed by atoms with Gasteiger partial charge in [-0.15, -0.1) is 0 Å². The zero-order valence-electron chi connectivity index (χ0n) is 9.19. The Morgan fingerprint density at radius 3 is 2.38 bits per heavy atom. The molecule has 1 saturated carbocycles. The van der Waals surface area contributed by atoms with Crippen LogP contribution < -0.4 is 0 Å². The fourth-order valence-electron chi connectivity index (χ4n) is 1.68. The Bertz CT molecular complexity index is 352. The largest absolute Gasteiger partial charge is 0.481 e. The summed E-state index contributed by atoms with van der Waals surface area (Å²) < 4.78 is 5.67. The van der Waals surface area contributed by atoms with Crippen molar-refractivity contribution in [2.24, 2.45) is 0 Å². The van der Waals surface area contributed by atoms with Gasteiger partial charge < -0.3 is 9.84 Å². The molecule has 0 heterocycles. The molecule has 0 unspecified atom stereocenters. The van der Waals surface area contributed by atoms with E-state index in [0.29, 0.717) is 12.7 Å². The second-order valence-electron chi connectivity index (χ2n) is 4.25. The molecule has 2 rings (SSSR count). The summed E-state index contributed by atoms with van der Waals surface area (Å²) in [4.78, 5) is 10.5. The van der Waals surface area contributed by atoms with E-state index in [0.717, 1.165) is 11.1 Å². The van der Waals surface area contributed by atoms with Gasteiger partial charge in [0, 0.05) is 0 Å². The van der Waals surface area contributed by atoms with E-state index < -0.39 is 5.97 Å². The summed E-state index contributed by atoms with van der Waals surface area (Å²) >= 11 is 0. The maximum Gasteiger partial charge on any atom is 0.307 e. The van der Waals surface area contributed by atoms with Crippen molar-refractivity contribution in [3.8, 4) is 0 Å². The molecular weight excluding hydrogens is 204 g/mol. The fraction of sp³-hybridized carbons (Fsp3) is 0.462. The summed E-state index contributed by atoms with van der Waals surface area (Å²) in [6.07, 6.45) is 4.17. The van der Waals surface area contributed by atoms with Crippen LogP contribution in [0, 0.1) is 0 Å². The maximum atomic E-state index is 10.5. The van der Waals surface area contributed by atoms with E-state index in [1.54, 1.807) is 0 Å². The molecule has 0 aromatic heterocycles. The third-order valence-corrected chi connectivity index (χ3v) is 2.92. The van der Waals surface area contributed by atoms with E-state index in [4.69, 9.17) is 9.84 Å². The Kier molecular flexibility index (Phi) is 3.57. The normalized spacial score (nSPS) is 15.8. The molecule has 0 atom stereocenters. The van der Waals surface area contributed by atoms with Crippen LogP contribution in [0.15, 0.2) is 24.3 Å². The summed E-state index contributed by atoms with van der Waals surface area (Å²) in [6.45, 7) is 0.637. The van der Waals surface area contributed by atoms with Gasteiger partial charge >= 0.3 is 5.97 Å². The molecule has 1 fully saturated rings. The Balaban J connectivity index is 1.83. The average Bonchev–Trinajstić information content (AvgIpc) is 2.17. The molecule has 86 valence electrons. The number of ether oxygens (including phenoxy) is 1. The van der Waals surface area contributed by atoms with Gasteiger partial charge in [0.1, 0.15) is 0 Å². The van der Waals surface area contributed by atoms with E-state index in [-0.39, 0.29) is 6.42 Å². The summed E-state index contributed by atoms with van der Waals surface area (Å²) in [5.74, 6) is -0.793. The molecule has 1 aliphatic carbocycles. The minimum atomic E-state index is -0.793. The number of carbonyl (C=O) groups is 1. The van der Waals surface area contributed by atoms with E-state index >= 15 is 0 Å². The third-order valence-electron chi connectivity index (χ3n) is 2.92. The van der Waals surface area contributed by atoms with Crippen LogP contribution in [0.1, 0.15) is 30.4 Å². The van der Waals surface area contributed by atoms with E-state index in [1.807, 2.05) is 24.3 Å². The van der Waals surface area contributed by atoms with Crippen LogP contribution in [0.3, 0.4) is 0 Å². The van der Waals surface area contributed by atoms with Crippen LogP contribution in [-0.2, 0) is 22.6 Å². The zero-order chi connectivity index (χ0) is 11.4. The lowest BCUT2D eigenvalue weighted by Gasteiger charge is -2.25. The van der Waals surface area contributed by atoms with Gasteiger partial charge in [-0.3, -0.25) is 4.79 Å². The molecular formula is C13H16O3. The van der Waals surface area contributed by atoms with Gasteiger partial charge in [0.25, 0.3) is 0 Å². The van der Waals surface area contributed by atoms with Crippen LogP contribution in [-0.4, -0.2) is 17.2 Å². The van der Waals surface area contributed by atoms with Gasteiger partial charge in [-0.1, -0.05) is 24.3 Å². The minimum absolute atomic E-state index is 0.0871. The lowest BCUT2D eigenvalue weighted by atomic mass is 9.96. The molecule has 0 aliphatic heterocycles. The first-order chi connectivity index (χ1) is 7.74. The standard InChI is InChI=1S/C13H16O3/c14-13(15)8-10-4-6-11(7-5-10)9-16-12-2-1-3-12/h4-7,12H,1-3,8-9H2,(H,14,15). The van der Waals surface area contributed by atoms with Gasteiger partial charge in [0.15, 0.2) is 0 Å². The summed E-state index contributed by atoms with van der Waals surface area (Å²) in [5.41, 5.74) is 1.95. The molecule has 1 aromatic carbocycles. The summed E-state index contributed by atoms with van der Waals surface area (Å²) in [7, 11) is 0. The van der Waals surface area contributed by atoms with E-state index in [9.17, 15) is 4.79 Å². The van der Waals surface area contributed by atoms with Gasteiger partial charge in [0.05, 0.1) is 19.1 Å². The molecule has 0 saturated heterocycles. The average molecular weight is 220 g/mol. The highest BCUT2D eigenvalue weighted by Gasteiger charge is 2.17. The maximum absolute atomic E-state index is 10.5. The molecule has 1 aromatic rings. The van der Waals surface area contributed by atoms with Crippen molar-refractivity contribution < 1.29 is 14.6 Å². The highest BCUT2D eigenvalue weighted by atomic mass is 16.5. The lowest BCUT2D eigenvalue weighted by Crippen LogP contribution is -2.21. The second-order valence-corrected chi connectivity index (χ2v) is 4.25. The van der Waals surface area contributed by atoms with Crippen molar-refractivity contribution in [2.45, 2.75) is 38.4 Å². The van der Waals surface area contributed by atoms with Crippen molar-refractivity contribution in [3.63, 3.8) is 0 Å². The Labute approximate surface area is 95.0 Å². The van der Waals surface area contributed by atoms with Crippen LogP contribution in [0.25, 0.3) is 0 Å². The van der Waals surface area contributed by atoms with Crippen molar-refractivity contribution in [3.05, 3.63) is 35.4 Å². The van der Waals surface area contributed by atoms with Crippen molar-refractivity contribution in [1.29, 1.82) is 0 Å². The van der Waals surface area contributed by atoms with Crippen molar-refractivity contribution in [2.75, 3.05) is 0 Å². The number of benzene rings is 1. The number of hydrogen-bond donors (Lipinski definition) is 1. The SMILES string of the molecule is O=C(O)Cc1ccc(COC2CCC2)cc1. The Hall–Kier alpha value is -1.35. The Morgan fingerprint density at radius 2 is 1.88 bits per heavy atom. The first-order valence-corrected chi connectivity index (χ1v) is 5.65. The molecule has 0 amide bonds. The lowest BCUT2D eigenvalue weighted by molar-refractivity contribution is -0.136. The second kappa shape index (κ2) is 5.12. The molecule has 0 radical (unpaired) electrons. The van der Waals surface area contributed by atoms with Gasteiger partial charge in [-0.05, 0) is 30.4 Å². The zero-order valence-corrected chi connectivity index (χ0v) is 9.19. The quantitative estimate of drug-likeness (QED) is 0.828. The fourth-order valence-corrected chi connectivity index (χ4v) is 1.68. The van der Waals surface area contributed by atoms with Crippen LogP contribution >= 0.6 is 0 Å². The number of hydrogen-bond acceptors (Lipinski definition) is 2. The summed E-state index contributed by atoms with van der Waals surface area (Å²) in [6, 6.07) is 7.59. The molecule has 3 nitrogen and oxygen atoms in total. The highest BCUT2D eigenvalue weighted by molar-refractivity contribution is 5.70. The predicted molar refractivity (Wildman–Crippen MR) is 60.2 cm³/mol. The van der Waals surface area contributed by atoms with Gasteiger partial charge in [0.2, 0.25) is 0 Å². The van der Waals surface area contributed by atoms with Gasteiger partial charge in [-0.2, -0.15) is 0 Å². The molecule has 0 spiro atoms. The van der Waals surface area contributed by atoms with Crippen LogP contribution in [0.4, 0.5) is 0 Å². The first-order valence-electron chi connectivity index (χ1n) is 5.65. The van der Waals surface area contributed by atoms with Gasteiger partial charge in [-0.25, -0.2) is 0 Å². The molecule has 16 heavy (non-hydrogen) atoms. The van der Waals surface area contributed by atoms with Crippen molar-refractivity contribution >= 4 is 5.97 Å². The number of rotatable bonds is 5. The molecule has 1 N–H and O–H groups in total. The minimum Gasteiger partial charge on any atom is -0.481 e. The molecule has 0 bridgehead atoms. The van der Waals surface area contributed by atoms with Crippen molar-refractivity contribution in [1.82, 2.24) is 0 Å². The van der Waals surface area contributed by atoms with Crippen LogP contribution in [0.2, 0.25) is 0 Å². The van der Waals surface area contributed by atoms with Crippen LogP contribution in [0.5, 0.6) is 0 Å². The van der Waals surface area contributed by atoms with E-state index in [2.05, 4.69) is 0 Å².